The normalized spacial score (nSPS) is 13.6. The molecule has 0 aliphatic carbocycles. The van der Waals surface area contributed by atoms with E-state index in [1.165, 1.54) is 35.5 Å². The van der Waals surface area contributed by atoms with Gasteiger partial charge in [0.25, 0.3) is 11.6 Å². The Kier molecular flexibility index (Phi) is 5.58. The van der Waals surface area contributed by atoms with E-state index in [1.54, 1.807) is 4.90 Å². The monoisotopic (exact) mass is 389 g/mol. The van der Waals surface area contributed by atoms with Crippen LogP contribution in [0.4, 0.5) is 5.69 Å². The number of amides is 1. The highest BCUT2D eigenvalue weighted by atomic mass is 35.5. The summed E-state index contributed by atoms with van der Waals surface area (Å²) in [4.78, 5) is 29.2. The molecule has 0 unspecified atom stereocenters. The summed E-state index contributed by atoms with van der Waals surface area (Å²) in [6.07, 6.45) is 0. The highest BCUT2D eigenvalue weighted by Gasteiger charge is 2.27. The Morgan fingerprint density at radius 1 is 1.35 bits per heavy atom. The van der Waals surface area contributed by atoms with Crippen LogP contribution >= 0.6 is 23.4 Å². The van der Waals surface area contributed by atoms with E-state index in [4.69, 9.17) is 11.6 Å². The minimum absolute atomic E-state index is 0.00989. The predicted octanol–water partition coefficient (Wildman–Crippen LogP) is 4.30. The third kappa shape index (κ3) is 4.05. The van der Waals surface area contributed by atoms with Crippen LogP contribution in [-0.2, 0) is 5.75 Å². The quantitative estimate of drug-likeness (QED) is 0.577. The first-order valence-electron chi connectivity index (χ1n) is 7.94. The van der Waals surface area contributed by atoms with E-state index in [1.807, 2.05) is 25.1 Å². The van der Waals surface area contributed by atoms with Gasteiger partial charge in [-0.05, 0) is 24.6 Å². The van der Waals surface area contributed by atoms with Crippen LogP contribution in [0.2, 0.25) is 5.02 Å². The van der Waals surface area contributed by atoms with E-state index in [0.29, 0.717) is 24.0 Å². The molecule has 0 aromatic heterocycles. The lowest BCUT2D eigenvalue weighted by Gasteiger charge is -2.18. The molecule has 0 atom stereocenters. The van der Waals surface area contributed by atoms with E-state index < -0.39 is 4.92 Å². The van der Waals surface area contributed by atoms with Gasteiger partial charge in [-0.3, -0.25) is 24.8 Å². The zero-order valence-electron chi connectivity index (χ0n) is 14.0. The van der Waals surface area contributed by atoms with E-state index in [-0.39, 0.29) is 22.2 Å². The Labute approximate surface area is 160 Å². The molecule has 0 spiro atoms. The lowest BCUT2D eigenvalue weighted by Crippen LogP contribution is -2.32. The zero-order valence-corrected chi connectivity index (χ0v) is 15.6. The van der Waals surface area contributed by atoms with Gasteiger partial charge in [-0.25, -0.2) is 0 Å². The SMILES string of the molecule is Cc1cccc(CSC2=NCCN2C(=O)c2ccc(Cl)c([N+](=O)[O-])c2)c1. The minimum Gasteiger partial charge on any atom is -0.286 e. The molecule has 1 amide bonds. The number of benzene rings is 2. The van der Waals surface area contributed by atoms with Crippen molar-refractivity contribution in [3.8, 4) is 0 Å². The third-order valence-corrected chi connectivity index (χ3v) is 5.29. The van der Waals surface area contributed by atoms with Gasteiger partial charge in [0.2, 0.25) is 0 Å². The van der Waals surface area contributed by atoms with Crippen LogP contribution in [-0.4, -0.2) is 34.0 Å². The topological polar surface area (TPSA) is 75.8 Å². The summed E-state index contributed by atoms with van der Waals surface area (Å²) >= 11 is 7.31. The second-order valence-corrected chi connectivity index (χ2v) is 7.17. The number of aryl methyl sites for hydroxylation is 1. The van der Waals surface area contributed by atoms with Gasteiger partial charge in [-0.2, -0.15) is 0 Å². The van der Waals surface area contributed by atoms with E-state index in [2.05, 4.69) is 11.1 Å². The van der Waals surface area contributed by atoms with Gasteiger partial charge in [0.1, 0.15) is 5.02 Å². The van der Waals surface area contributed by atoms with Crippen LogP contribution in [0, 0.1) is 17.0 Å². The fraction of sp³-hybridized carbons (Fsp3) is 0.222. The number of thioether (sulfide) groups is 1. The number of hydrogen-bond donors (Lipinski definition) is 0. The molecular weight excluding hydrogens is 374 g/mol. The number of aliphatic imine (C=N–C) groups is 1. The highest BCUT2D eigenvalue weighted by molar-refractivity contribution is 8.13. The molecule has 1 heterocycles. The summed E-state index contributed by atoms with van der Waals surface area (Å²) in [6.45, 7) is 3.02. The average Bonchev–Trinajstić information content (AvgIpc) is 3.08. The molecule has 0 radical (unpaired) electrons. The zero-order chi connectivity index (χ0) is 18.7. The van der Waals surface area contributed by atoms with Crippen molar-refractivity contribution < 1.29 is 9.72 Å². The highest BCUT2D eigenvalue weighted by Crippen LogP contribution is 2.27. The van der Waals surface area contributed by atoms with Crippen molar-refractivity contribution in [3.05, 3.63) is 74.3 Å². The molecular formula is C18H16ClN3O3S. The van der Waals surface area contributed by atoms with Gasteiger partial charge in [-0.15, -0.1) is 0 Å². The van der Waals surface area contributed by atoms with Crippen molar-refractivity contribution in [2.75, 3.05) is 13.1 Å². The van der Waals surface area contributed by atoms with Crippen molar-refractivity contribution >= 4 is 40.1 Å². The fourth-order valence-corrected chi connectivity index (χ4v) is 3.80. The molecule has 8 heteroatoms. The molecule has 134 valence electrons. The Balaban J connectivity index is 1.74. The summed E-state index contributed by atoms with van der Waals surface area (Å²) in [5, 5.41) is 11.7. The largest absolute Gasteiger partial charge is 0.288 e. The second-order valence-electron chi connectivity index (χ2n) is 5.82. The average molecular weight is 390 g/mol. The van der Waals surface area contributed by atoms with E-state index >= 15 is 0 Å². The maximum absolute atomic E-state index is 12.8. The maximum atomic E-state index is 12.8. The standard InChI is InChI=1S/C18H16ClN3O3S/c1-12-3-2-4-13(9-12)11-26-18-20-7-8-21(18)17(23)14-5-6-15(19)16(10-14)22(24)25/h2-6,9-10H,7-8,11H2,1H3. The second kappa shape index (κ2) is 7.88. The minimum atomic E-state index is -0.593. The van der Waals surface area contributed by atoms with Crippen molar-refractivity contribution in [1.29, 1.82) is 0 Å². The van der Waals surface area contributed by atoms with Gasteiger partial charge >= 0.3 is 0 Å². The van der Waals surface area contributed by atoms with Crippen molar-refractivity contribution in [1.82, 2.24) is 4.90 Å². The van der Waals surface area contributed by atoms with Crippen molar-refractivity contribution in [3.63, 3.8) is 0 Å². The first-order valence-corrected chi connectivity index (χ1v) is 9.30. The number of halogens is 1. The predicted molar refractivity (Wildman–Crippen MR) is 104 cm³/mol. The molecule has 26 heavy (non-hydrogen) atoms. The van der Waals surface area contributed by atoms with Crippen LogP contribution in [0.3, 0.4) is 0 Å². The summed E-state index contributed by atoms with van der Waals surface area (Å²) in [7, 11) is 0. The molecule has 0 bridgehead atoms. The van der Waals surface area contributed by atoms with Crippen LogP contribution in [0.5, 0.6) is 0 Å². The van der Waals surface area contributed by atoms with Gasteiger partial charge in [0, 0.05) is 23.9 Å². The molecule has 2 aromatic carbocycles. The molecule has 1 aliphatic heterocycles. The smallest absolute Gasteiger partial charge is 0.286 e. The molecule has 6 nitrogen and oxygen atoms in total. The Morgan fingerprint density at radius 3 is 2.88 bits per heavy atom. The number of amidine groups is 1. The van der Waals surface area contributed by atoms with Crippen LogP contribution in [0.15, 0.2) is 47.5 Å². The number of hydrogen-bond acceptors (Lipinski definition) is 5. The van der Waals surface area contributed by atoms with E-state index in [0.717, 1.165) is 5.56 Å². The fourth-order valence-electron chi connectivity index (χ4n) is 2.63. The number of carbonyl (C=O) groups excluding carboxylic acids is 1. The van der Waals surface area contributed by atoms with Crippen molar-refractivity contribution in [2.24, 2.45) is 4.99 Å². The van der Waals surface area contributed by atoms with Crippen LogP contribution < -0.4 is 0 Å². The van der Waals surface area contributed by atoms with Crippen LogP contribution in [0.1, 0.15) is 21.5 Å². The summed E-state index contributed by atoms with van der Waals surface area (Å²) < 4.78 is 0. The molecule has 0 N–H and O–H groups in total. The first-order chi connectivity index (χ1) is 12.5. The molecule has 0 saturated heterocycles. The van der Waals surface area contributed by atoms with Crippen LogP contribution in [0.25, 0.3) is 0 Å². The summed E-state index contributed by atoms with van der Waals surface area (Å²) in [5.41, 5.74) is 2.28. The number of rotatable bonds is 4. The Morgan fingerprint density at radius 2 is 2.15 bits per heavy atom. The summed E-state index contributed by atoms with van der Waals surface area (Å²) in [5.74, 6) is 0.392. The lowest BCUT2D eigenvalue weighted by atomic mass is 10.2. The van der Waals surface area contributed by atoms with E-state index in [9.17, 15) is 14.9 Å². The first kappa shape index (κ1) is 18.4. The Hall–Kier alpha value is -2.38. The number of carbonyl (C=O) groups is 1. The van der Waals surface area contributed by atoms with Gasteiger partial charge in [0.15, 0.2) is 5.17 Å². The lowest BCUT2D eigenvalue weighted by molar-refractivity contribution is -0.384. The number of nitrogens with zero attached hydrogens (tertiary/aromatic N) is 3. The molecule has 1 aliphatic rings. The Bertz CT molecular complexity index is 901. The summed E-state index contributed by atoms with van der Waals surface area (Å²) in [6, 6.07) is 12.2. The number of nitro benzene ring substituents is 1. The van der Waals surface area contributed by atoms with Gasteiger partial charge in [-0.1, -0.05) is 53.2 Å². The van der Waals surface area contributed by atoms with Gasteiger partial charge < -0.3 is 0 Å². The molecule has 0 fully saturated rings. The third-order valence-electron chi connectivity index (χ3n) is 3.89. The molecule has 0 saturated carbocycles. The molecule has 2 aromatic rings. The number of nitro groups is 1. The molecule has 3 rings (SSSR count). The maximum Gasteiger partial charge on any atom is 0.288 e. The van der Waals surface area contributed by atoms with Gasteiger partial charge in [0.05, 0.1) is 11.5 Å². The van der Waals surface area contributed by atoms with Crippen molar-refractivity contribution in [2.45, 2.75) is 12.7 Å².